The van der Waals surface area contributed by atoms with E-state index in [0.717, 1.165) is 38.2 Å². The fraction of sp³-hybridized carbons (Fsp3) is 0.700. The van der Waals surface area contributed by atoms with Gasteiger partial charge in [0, 0.05) is 44.7 Å². The number of aliphatic hydroxyl groups excluding tert-OH is 1. The molecule has 1 aromatic rings. The third-order valence-electron chi connectivity index (χ3n) is 5.87. The summed E-state index contributed by atoms with van der Waals surface area (Å²) in [5.41, 5.74) is 0. The standard InChI is InChI=1S/C20H32N4O4/c1-3-23(4-2)19(26)8-5-15-10-22-20(27)18-9-14(12-24(15)18)21-11-16-6-7-17(13-25)28-16/h6-7,14-15,18,21,25H,3-5,8-13H2,1-2H3,(H,22,27)/t14-,15+,18-/m0/s1. The molecular formula is C20H32N4O4. The molecular weight excluding hydrogens is 360 g/mol. The lowest BCUT2D eigenvalue weighted by atomic mass is 10.0. The van der Waals surface area contributed by atoms with Gasteiger partial charge in [-0.05, 0) is 38.8 Å². The van der Waals surface area contributed by atoms with E-state index < -0.39 is 0 Å². The number of carbonyl (C=O) groups is 2. The topological polar surface area (TPSA) is 98.0 Å². The maximum Gasteiger partial charge on any atom is 0.237 e. The molecule has 28 heavy (non-hydrogen) atoms. The summed E-state index contributed by atoms with van der Waals surface area (Å²) in [6.07, 6.45) is 2.02. The summed E-state index contributed by atoms with van der Waals surface area (Å²) in [4.78, 5) is 28.8. The lowest BCUT2D eigenvalue weighted by Gasteiger charge is -2.37. The number of nitrogens with zero attached hydrogens (tertiary/aromatic N) is 2. The van der Waals surface area contributed by atoms with Gasteiger partial charge in [-0.2, -0.15) is 0 Å². The summed E-state index contributed by atoms with van der Waals surface area (Å²) in [5.74, 6) is 1.60. The van der Waals surface area contributed by atoms with Crippen LogP contribution in [-0.2, 0) is 22.7 Å². The molecule has 1 aromatic heterocycles. The normalized spacial score (nSPS) is 24.8. The first-order chi connectivity index (χ1) is 13.5. The summed E-state index contributed by atoms with van der Waals surface area (Å²) in [6, 6.07) is 3.88. The van der Waals surface area contributed by atoms with Crippen LogP contribution in [0.2, 0.25) is 0 Å². The highest BCUT2D eigenvalue weighted by atomic mass is 16.4. The van der Waals surface area contributed by atoms with Crippen LogP contribution in [0.3, 0.4) is 0 Å². The predicted molar refractivity (Wildman–Crippen MR) is 104 cm³/mol. The first-order valence-corrected chi connectivity index (χ1v) is 10.3. The lowest BCUT2D eigenvalue weighted by molar-refractivity contribution is -0.132. The van der Waals surface area contributed by atoms with Crippen molar-refractivity contribution in [1.82, 2.24) is 20.4 Å². The molecule has 8 nitrogen and oxygen atoms in total. The van der Waals surface area contributed by atoms with Crippen molar-refractivity contribution < 1.29 is 19.1 Å². The largest absolute Gasteiger partial charge is 0.462 e. The Kier molecular flexibility index (Phi) is 7.09. The second-order valence-electron chi connectivity index (χ2n) is 7.56. The van der Waals surface area contributed by atoms with E-state index in [1.54, 1.807) is 6.07 Å². The van der Waals surface area contributed by atoms with Crippen LogP contribution in [0.4, 0.5) is 0 Å². The van der Waals surface area contributed by atoms with E-state index in [1.165, 1.54) is 0 Å². The van der Waals surface area contributed by atoms with Crippen molar-refractivity contribution in [2.45, 2.75) is 64.4 Å². The van der Waals surface area contributed by atoms with Gasteiger partial charge in [-0.1, -0.05) is 0 Å². The van der Waals surface area contributed by atoms with E-state index in [4.69, 9.17) is 9.52 Å². The monoisotopic (exact) mass is 392 g/mol. The molecule has 0 aliphatic carbocycles. The van der Waals surface area contributed by atoms with Crippen molar-refractivity contribution in [3.8, 4) is 0 Å². The summed E-state index contributed by atoms with van der Waals surface area (Å²) in [6.45, 7) is 7.32. The van der Waals surface area contributed by atoms with Crippen molar-refractivity contribution >= 4 is 11.8 Å². The van der Waals surface area contributed by atoms with E-state index in [0.29, 0.717) is 25.3 Å². The molecule has 0 unspecified atom stereocenters. The number of carbonyl (C=O) groups excluding carboxylic acids is 2. The Morgan fingerprint density at radius 1 is 1.36 bits per heavy atom. The fourth-order valence-corrected chi connectivity index (χ4v) is 4.26. The van der Waals surface area contributed by atoms with Gasteiger partial charge in [0.25, 0.3) is 0 Å². The number of rotatable bonds is 9. The average molecular weight is 393 g/mol. The first kappa shape index (κ1) is 20.8. The van der Waals surface area contributed by atoms with E-state index in [1.807, 2.05) is 24.8 Å². The molecule has 3 N–H and O–H groups in total. The molecule has 0 spiro atoms. The van der Waals surface area contributed by atoms with Crippen molar-refractivity contribution in [3.63, 3.8) is 0 Å². The van der Waals surface area contributed by atoms with Crippen molar-refractivity contribution in [1.29, 1.82) is 0 Å². The minimum absolute atomic E-state index is 0.0798. The summed E-state index contributed by atoms with van der Waals surface area (Å²) >= 11 is 0. The fourth-order valence-electron chi connectivity index (χ4n) is 4.26. The maximum absolute atomic E-state index is 12.3. The van der Waals surface area contributed by atoms with Gasteiger partial charge in [-0.25, -0.2) is 0 Å². The van der Waals surface area contributed by atoms with Gasteiger partial charge >= 0.3 is 0 Å². The van der Waals surface area contributed by atoms with E-state index in [2.05, 4.69) is 15.5 Å². The summed E-state index contributed by atoms with van der Waals surface area (Å²) in [7, 11) is 0. The van der Waals surface area contributed by atoms with Crippen LogP contribution in [0.1, 0.15) is 44.6 Å². The van der Waals surface area contributed by atoms with Gasteiger partial charge in [0.1, 0.15) is 18.1 Å². The molecule has 3 heterocycles. The molecule has 3 rings (SSSR count). The highest BCUT2D eigenvalue weighted by Gasteiger charge is 2.43. The molecule has 0 aromatic carbocycles. The molecule has 2 fully saturated rings. The quantitative estimate of drug-likeness (QED) is 0.565. The molecule has 2 amide bonds. The number of hydrogen-bond acceptors (Lipinski definition) is 6. The number of hydrogen-bond donors (Lipinski definition) is 3. The average Bonchev–Trinajstić information content (AvgIpc) is 3.34. The van der Waals surface area contributed by atoms with Crippen molar-refractivity contribution in [3.05, 3.63) is 23.7 Å². The molecule has 0 saturated carbocycles. The SMILES string of the molecule is CCN(CC)C(=O)CC[C@@H]1CNC(=O)[C@@H]2C[C@H](NCc3ccc(CO)o3)CN12. The number of amides is 2. The molecule has 0 radical (unpaired) electrons. The number of nitrogens with one attached hydrogen (secondary N) is 2. The zero-order chi connectivity index (χ0) is 20.1. The van der Waals surface area contributed by atoms with Gasteiger partial charge in [-0.3, -0.25) is 14.5 Å². The van der Waals surface area contributed by atoms with Gasteiger partial charge in [0.15, 0.2) is 0 Å². The highest BCUT2D eigenvalue weighted by molar-refractivity contribution is 5.83. The van der Waals surface area contributed by atoms with Gasteiger partial charge in [0.2, 0.25) is 11.8 Å². The van der Waals surface area contributed by atoms with Crippen LogP contribution in [0.15, 0.2) is 16.5 Å². The number of piperazine rings is 1. The smallest absolute Gasteiger partial charge is 0.237 e. The molecule has 0 bridgehead atoms. The Labute approximate surface area is 166 Å². The Hall–Kier alpha value is -1.90. The van der Waals surface area contributed by atoms with Crippen LogP contribution < -0.4 is 10.6 Å². The Morgan fingerprint density at radius 2 is 2.11 bits per heavy atom. The minimum Gasteiger partial charge on any atom is -0.462 e. The molecule has 156 valence electrons. The minimum atomic E-state index is -0.135. The number of furan rings is 1. The summed E-state index contributed by atoms with van der Waals surface area (Å²) in [5, 5.41) is 15.6. The van der Waals surface area contributed by atoms with E-state index in [-0.39, 0.29) is 36.5 Å². The van der Waals surface area contributed by atoms with Gasteiger partial charge in [-0.15, -0.1) is 0 Å². The number of aliphatic hydroxyl groups is 1. The molecule has 3 atom stereocenters. The van der Waals surface area contributed by atoms with Gasteiger partial charge in [0.05, 0.1) is 12.6 Å². The van der Waals surface area contributed by atoms with Crippen LogP contribution in [0.5, 0.6) is 0 Å². The first-order valence-electron chi connectivity index (χ1n) is 10.3. The maximum atomic E-state index is 12.3. The highest BCUT2D eigenvalue weighted by Crippen LogP contribution is 2.26. The third kappa shape index (κ3) is 4.74. The van der Waals surface area contributed by atoms with Crippen molar-refractivity contribution in [2.75, 3.05) is 26.2 Å². The van der Waals surface area contributed by atoms with E-state index in [9.17, 15) is 9.59 Å². The Bertz CT molecular complexity index is 673. The molecule has 2 saturated heterocycles. The third-order valence-corrected chi connectivity index (χ3v) is 5.87. The second-order valence-corrected chi connectivity index (χ2v) is 7.56. The van der Waals surface area contributed by atoms with Crippen LogP contribution >= 0.6 is 0 Å². The Balaban J connectivity index is 1.53. The zero-order valence-electron chi connectivity index (χ0n) is 16.8. The molecule has 8 heteroatoms. The predicted octanol–water partition coefficient (Wildman–Crippen LogP) is 0.451. The molecule has 2 aliphatic heterocycles. The lowest BCUT2D eigenvalue weighted by Crippen LogP contribution is -2.58. The van der Waals surface area contributed by atoms with Gasteiger partial charge < -0.3 is 25.1 Å². The summed E-state index contributed by atoms with van der Waals surface area (Å²) < 4.78 is 5.51. The van der Waals surface area contributed by atoms with Crippen LogP contribution in [0, 0.1) is 0 Å². The Morgan fingerprint density at radius 3 is 2.79 bits per heavy atom. The van der Waals surface area contributed by atoms with E-state index >= 15 is 0 Å². The van der Waals surface area contributed by atoms with Crippen LogP contribution in [0.25, 0.3) is 0 Å². The van der Waals surface area contributed by atoms with Crippen LogP contribution in [-0.4, -0.2) is 71.0 Å². The van der Waals surface area contributed by atoms with Crippen molar-refractivity contribution in [2.24, 2.45) is 0 Å². The number of fused-ring (bicyclic) bond motifs is 1. The zero-order valence-corrected chi connectivity index (χ0v) is 16.8. The molecule has 2 aliphatic rings. The second kappa shape index (κ2) is 9.54.